The first-order chi connectivity index (χ1) is 9.54. The van der Waals surface area contributed by atoms with Gasteiger partial charge in [0.05, 0.1) is 22.9 Å². The minimum atomic E-state index is -0.630. The van der Waals surface area contributed by atoms with Crippen molar-refractivity contribution in [2.24, 2.45) is 0 Å². The normalized spacial score (nSPS) is 9.85. The third-order valence-electron chi connectivity index (χ3n) is 2.95. The summed E-state index contributed by atoms with van der Waals surface area (Å²) in [6.07, 6.45) is 0. The van der Waals surface area contributed by atoms with Crippen LogP contribution in [0.4, 0.5) is 15.8 Å². The van der Waals surface area contributed by atoms with E-state index in [1.165, 1.54) is 23.1 Å². The zero-order valence-corrected chi connectivity index (χ0v) is 10.8. The van der Waals surface area contributed by atoms with Crippen LogP contribution < -0.4 is 10.6 Å². The van der Waals surface area contributed by atoms with Crippen molar-refractivity contribution < 1.29 is 9.18 Å². The van der Waals surface area contributed by atoms with Crippen molar-refractivity contribution in [1.29, 1.82) is 5.26 Å². The highest BCUT2D eigenvalue weighted by atomic mass is 19.1. The largest absolute Gasteiger partial charge is 0.396 e. The number of nitriles is 1. The van der Waals surface area contributed by atoms with Crippen LogP contribution >= 0.6 is 0 Å². The molecule has 2 rings (SSSR count). The molecule has 0 heterocycles. The molecule has 5 heteroatoms. The molecule has 100 valence electrons. The maximum absolute atomic E-state index is 13.4. The predicted octanol–water partition coefficient (Wildman–Crippen LogP) is 2.56. The van der Waals surface area contributed by atoms with Crippen LogP contribution in [0.15, 0.2) is 42.5 Å². The van der Waals surface area contributed by atoms with Gasteiger partial charge in [0.15, 0.2) is 0 Å². The van der Waals surface area contributed by atoms with Crippen molar-refractivity contribution in [3.05, 3.63) is 59.4 Å². The number of halogens is 1. The minimum absolute atomic E-state index is 0.0925. The summed E-state index contributed by atoms with van der Waals surface area (Å²) < 4.78 is 13.4. The van der Waals surface area contributed by atoms with E-state index < -0.39 is 11.7 Å². The van der Waals surface area contributed by atoms with Crippen molar-refractivity contribution >= 4 is 17.3 Å². The number of carbonyl (C=O) groups excluding carboxylic acids is 1. The van der Waals surface area contributed by atoms with Gasteiger partial charge < -0.3 is 10.6 Å². The number of hydrogen-bond acceptors (Lipinski definition) is 3. The number of nitrogens with zero attached hydrogens (tertiary/aromatic N) is 2. The van der Waals surface area contributed by atoms with Crippen LogP contribution in [0.1, 0.15) is 15.9 Å². The molecule has 0 saturated heterocycles. The zero-order chi connectivity index (χ0) is 14.7. The number of nitrogen functional groups attached to an aromatic ring is 1. The Balaban J connectivity index is 2.38. The van der Waals surface area contributed by atoms with Crippen LogP contribution in [0.25, 0.3) is 0 Å². The van der Waals surface area contributed by atoms with E-state index in [2.05, 4.69) is 0 Å². The lowest BCUT2D eigenvalue weighted by Gasteiger charge is -2.18. The molecule has 0 unspecified atom stereocenters. The second-order valence-corrected chi connectivity index (χ2v) is 4.23. The van der Waals surface area contributed by atoms with Crippen molar-refractivity contribution in [1.82, 2.24) is 0 Å². The first kappa shape index (κ1) is 13.6. The summed E-state index contributed by atoms with van der Waals surface area (Å²) >= 11 is 0. The molecule has 0 aliphatic heterocycles. The van der Waals surface area contributed by atoms with E-state index in [0.717, 1.165) is 0 Å². The lowest BCUT2D eigenvalue weighted by Crippen LogP contribution is -2.27. The standard InChI is InChI=1S/C15H12FN3O/c1-19(11-5-2-4-10(8-11)9-17)15(20)12-6-3-7-13(16)14(12)18/h2-8H,18H2,1H3. The van der Waals surface area contributed by atoms with Crippen LogP contribution in [0.5, 0.6) is 0 Å². The topological polar surface area (TPSA) is 70.1 Å². The second-order valence-electron chi connectivity index (χ2n) is 4.23. The highest BCUT2D eigenvalue weighted by Crippen LogP contribution is 2.21. The number of para-hydroxylation sites is 1. The molecule has 0 saturated carbocycles. The molecule has 0 radical (unpaired) electrons. The minimum Gasteiger partial charge on any atom is -0.396 e. The number of benzene rings is 2. The predicted molar refractivity (Wildman–Crippen MR) is 74.7 cm³/mol. The van der Waals surface area contributed by atoms with Crippen LogP contribution in [0.3, 0.4) is 0 Å². The Kier molecular flexibility index (Phi) is 3.67. The Morgan fingerprint density at radius 3 is 2.70 bits per heavy atom. The molecule has 0 aromatic heterocycles. The van der Waals surface area contributed by atoms with Gasteiger partial charge in [-0.1, -0.05) is 12.1 Å². The fourth-order valence-electron chi connectivity index (χ4n) is 1.81. The first-order valence-corrected chi connectivity index (χ1v) is 5.87. The van der Waals surface area contributed by atoms with Gasteiger partial charge in [0.25, 0.3) is 5.91 Å². The highest BCUT2D eigenvalue weighted by Gasteiger charge is 2.18. The molecular weight excluding hydrogens is 257 g/mol. The van der Waals surface area contributed by atoms with E-state index in [0.29, 0.717) is 11.3 Å². The Hall–Kier alpha value is -2.87. The summed E-state index contributed by atoms with van der Waals surface area (Å²) in [6.45, 7) is 0. The summed E-state index contributed by atoms with van der Waals surface area (Å²) in [5.41, 5.74) is 6.47. The average Bonchev–Trinajstić information content (AvgIpc) is 2.48. The molecule has 0 bridgehead atoms. The number of carbonyl (C=O) groups is 1. The Morgan fingerprint density at radius 2 is 2.00 bits per heavy atom. The maximum Gasteiger partial charge on any atom is 0.260 e. The van der Waals surface area contributed by atoms with Gasteiger partial charge in [-0.25, -0.2) is 4.39 Å². The molecule has 0 fully saturated rings. The maximum atomic E-state index is 13.4. The van der Waals surface area contributed by atoms with Gasteiger partial charge in [0.1, 0.15) is 5.82 Å². The van der Waals surface area contributed by atoms with E-state index in [1.807, 2.05) is 6.07 Å². The molecule has 20 heavy (non-hydrogen) atoms. The van der Waals surface area contributed by atoms with Gasteiger partial charge in [-0.2, -0.15) is 5.26 Å². The Morgan fingerprint density at radius 1 is 1.30 bits per heavy atom. The van der Waals surface area contributed by atoms with Gasteiger partial charge in [-0.15, -0.1) is 0 Å². The number of hydrogen-bond donors (Lipinski definition) is 1. The number of nitrogens with two attached hydrogens (primary N) is 1. The SMILES string of the molecule is CN(C(=O)c1cccc(F)c1N)c1cccc(C#N)c1. The Labute approximate surface area is 115 Å². The summed E-state index contributed by atoms with van der Waals surface area (Å²) in [5, 5.41) is 8.86. The molecule has 1 amide bonds. The van der Waals surface area contributed by atoms with E-state index in [4.69, 9.17) is 11.0 Å². The fraction of sp³-hybridized carbons (Fsp3) is 0.0667. The summed E-state index contributed by atoms with van der Waals surface area (Å²) in [6, 6.07) is 12.7. The fourth-order valence-corrected chi connectivity index (χ4v) is 1.81. The van der Waals surface area contributed by atoms with Crippen molar-refractivity contribution in [2.75, 3.05) is 17.7 Å². The molecule has 0 aliphatic carbocycles. The second kappa shape index (κ2) is 5.41. The van der Waals surface area contributed by atoms with E-state index >= 15 is 0 Å². The third kappa shape index (κ3) is 2.45. The third-order valence-corrected chi connectivity index (χ3v) is 2.95. The van der Waals surface area contributed by atoms with Crippen molar-refractivity contribution in [2.45, 2.75) is 0 Å². The summed E-state index contributed by atoms with van der Waals surface area (Å²) in [5.74, 6) is -1.06. The van der Waals surface area contributed by atoms with Gasteiger partial charge in [-0.05, 0) is 30.3 Å². The molecule has 0 spiro atoms. The summed E-state index contributed by atoms with van der Waals surface area (Å²) in [4.78, 5) is 13.6. The zero-order valence-electron chi connectivity index (χ0n) is 10.8. The molecule has 2 aromatic carbocycles. The van der Waals surface area contributed by atoms with Crippen LogP contribution in [0, 0.1) is 17.1 Å². The Bertz CT molecular complexity index is 707. The molecule has 2 N–H and O–H groups in total. The molecule has 2 aromatic rings. The molecule has 0 atom stereocenters. The number of amides is 1. The van der Waals surface area contributed by atoms with Gasteiger partial charge in [0, 0.05) is 12.7 Å². The van der Waals surface area contributed by atoms with Crippen LogP contribution in [0.2, 0.25) is 0 Å². The molecule has 4 nitrogen and oxygen atoms in total. The van der Waals surface area contributed by atoms with E-state index in [9.17, 15) is 9.18 Å². The van der Waals surface area contributed by atoms with E-state index in [-0.39, 0.29) is 11.3 Å². The van der Waals surface area contributed by atoms with Gasteiger partial charge >= 0.3 is 0 Å². The average molecular weight is 269 g/mol. The van der Waals surface area contributed by atoms with Crippen molar-refractivity contribution in [3.8, 4) is 6.07 Å². The summed E-state index contributed by atoms with van der Waals surface area (Å²) in [7, 11) is 1.54. The lowest BCUT2D eigenvalue weighted by atomic mass is 10.1. The van der Waals surface area contributed by atoms with Crippen LogP contribution in [-0.2, 0) is 0 Å². The number of anilines is 2. The van der Waals surface area contributed by atoms with E-state index in [1.54, 1.807) is 31.3 Å². The van der Waals surface area contributed by atoms with Crippen LogP contribution in [-0.4, -0.2) is 13.0 Å². The van der Waals surface area contributed by atoms with Gasteiger partial charge in [-0.3, -0.25) is 4.79 Å². The quantitative estimate of drug-likeness (QED) is 0.852. The monoisotopic (exact) mass is 269 g/mol. The van der Waals surface area contributed by atoms with Crippen molar-refractivity contribution in [3.63, 3.8) is 0 Å². The molecular formula is C15H12FN3O. The highest BCUT2D eigenvalue weighted by molar-refractivity contribution is 6.09. The van der Waals surface area contributed by atoms with Gasteiger partial charge in [0.2, 0.25) is 0 Å². The first-order valence-electron chi connectivity index (χ1n) is 5.87. The number of rotatable bonds is 2. The lowest BCUT2D eigenvalue weighted by molar-refractivity contribution is 0.0993. The molecule has 0 aliphatic rings. The smallest absolute Gasteiger partial charge is 0.260 e.